The van der Waals surface area contributed by atoms with Crippen molar-refractivity contribution in [3.8, 4) is 11.5 Å². The number of nitrogens with zero attached hydrogens (tertiary/aromatic N) is 1. The third-order valence-electron chi connectivity index (χ3n) is 4.21. The van der Waals surface area contributed by atoms with Gasteiger partial charge in [0.1, 0.15) is 17.7 Å². The van der Waals surface area contributed by atoms with Crippen LogP contribution in [0.4, 0.5) is 5.69 Å². The number of hydrogen-bond donors (Lipinski definition) is 3. The lowest BCUT2D eigenvalue weighted by molar-refractivity contribution is 0.0664. The Morgan fingerprint density at radius 1 is 1.09 bits per heavy atom. The lowest BCUT2D eigenvalue weighted by Crippen LogP contribution is -2.44. The van der Waals surface area contributed by atoms with Crippen molar-refractivity contribution in [3.63, 3.8) is 0 Å². The molecule has 1 aliphatic carbocycles. The molecular weight excluding hydrogens is 280 g/mol. The number of para-hydroxylation sites is 1. The average Bonchev–Trinajstić information content (AvgIpc) is 3.32. The fourth-order valence-electron chi connectivity index (χ4n) is 2.99. The summed E-state index contributed by atoms with van der Waals surface area (Å²) in [5, 5.41) is 23.0. The Morgan fingerprint density at radius 3 is 2.59 bits per heavy atom. The van der Waals surface area contributed by atoms with Crippen molar-refractivity contribution in [1.82, 2.24) is 4.90 Å². The monoisotopic (exact) mass is 296 g/mol. The predicted octanol–water partition coefficient (Wildman–Crippen LogP) is 2.83. The van der Waals surface area contributed by atoms with E-state index < -0.39 is 6.17 Å². The zero-order chi connectivity index (χ0) is 15.3. The smallest absolute Gasteiger partial charge is 0.258 e. The number of carbonyl (C=O) groups excluding carboxylic acids is 1. The molecule has 1 atom stereocenters. The number of aromatic hydroxyl groups is 2. The Bertz CT molecular complexity index is 755. The van der Waals surface area contributed by atoms with E-state index in [-0.39, 0.29) is 23.4 Å². The molecule has 1 saturated carbocycles. The second-order valence-corrected chi connectivity index (χ2v) is 5.78. The maximum Gasteiger partial charge on any atom is 0.258 e. The van der Waals surface area contributed by atoms with E-state index in [1.165, 1.54) is 12.1 Å². The fraction of sp³-hybridized carbons (Fsp3) is 0.235. The van der Waals surface area contributed by atoms with Gasteiger partial charge in [0.25, 0.3) is 5.91 Å². The van der Waals surface area contributed by atoms with Gasteiger partial charge in [-0.05, 0) is 37.1 Å². The summed E-state index contributed by atoms with van der Waals surface area (Å²) in [4.78, 5) is 14.6. The molecule has 2 aromatic carbocycles. The van der Waals surface area contributed by atoms with Crippen LogP contribution in [0.15, 0.2) is 42.5 Å². The van der Waals surface area contributed by atoms with E-state index in [0.717, 1.165) is 18.5 Å². The number of benzene rings is 2. The molecule has 0 radical (unpaired) electrons. The maximum atomic E-state index is 12.8. The van der Waals surface area contributed by atoms with E-state index in [9.17, 15) is 15.0 Å². The molecule has 0 unspecified atom stereocenters. The first kappa shape index (κ1) is 13.0. The van der Waals surface area contributed by atoms with Crippen molar-refractivity contribution in [2.75, 3.05) is 5.32 Å². The highest BCUT2D eigenvalue weighted by atomic mass is 16.3. The lowest BCUT2D eigenvalue weighted by Gasteiger charge is -2.38. The van der Waals surface area contributed by atoms with E-state index in [2.05, 4.69) is 5.32 Å². The molecule has 22 heavy (non-hydrogen) atoms. The van der Waals surface area contributed by atoms with Crippen LogP contribution in [0, 0.1) is 0 Å². The topological polar surface area (TPSA) is 72.8 Å². The molecule has 2 aliphatic rings. The first-order valence-corrected chi connectivity index (χ1v) is 7.35. The summed E-state index contributed by atoms with van der Waals surface area (Å²) in [6.07, 6.45) is 1.53. The Balaban J connectivity index is 1.82. The Labute approximate surface area is 127 Å². The van der Waals surface area contributed by atoms with Crippen molar-refractivity contribution in [2.24, 2.45) is 0 Å². The highest BCUT2D eigenvalue weighted by Crippen LogP contribution is 2.43. The standard InChI is InChI=1S/C17H16N2O3/c20-11-7-8-13(15(21)9-11)16-18-14-4-2-1-3-12(14)17(22)19(16)10-5-6-10/h1-4,7-10,16,18,20-21H,5-6H2/t16-/m0/s1. The Hall–Kier alpha value is -2.69. The number of hydrogen-bond acceptors (Lipinski definition) is 4. The molecule has 0 spiro atoms. The maximum absolute atomic E-state index is 12.8. The summed E-state index contributed by atoms with van der Waals surface area (Å²) >= 11 is 0. The first-order chi connectivity index (χ1) is 10.6. The second kappa shape index (κ2) is 4.66. The van der Waals surface area contributed by atoms with Gasteiger partial charge in [0.15, 0.2) is 0 Å². The van der Waals surface area contributed by atoms with Crippen molar-refractivity contribution < 1.29 is 15.0 Å². The number of carbonyl (C=O) groups is 1. The minimum absolute atomic E-state index is 0.00163. The van der Waals surface area contributed by atoms with Gasteiger partial charge in [-0.15, -0.1) is 0 Å². The first-order valence-electron chi connectivity index (χ1n) is 7.35. The third-order valence-corrected chi connectivity index (χ3v) is 4.21. The van der Waals surface area contributed by atoms with Gasteiger partial charge < -0.3 is 20.4 Å². The second-order valence-electron chi connectivity index (χ2n) is 5.78. The van der Waals surface area contributed by atoms with Crippen molar-refractivity contribution >= 4 is 11.6 Å². The Morgan fingerprint density at radius 2 is 1.86 bits per heavy atom. The minimum atomic E-state index is -0.421. The van der Waals surface area contributed by atoms with Crippen LogP contribution in [0.3, 0.4) is 0 Å². The quantitative estimate of drug-likeness (QED) is 0.797. The van der Waals surface area contributed by atoms with E-state index in [1.54, 1.807) is 11.0 Å². The van der Waals surface area contributed by atoms with Crippen LogP contribution in [0.1, 0.15) is 34.9 Å². The highest BCUT2D eigenvalue weighted by molar-refractivity contribution is 6.02. The SMILES string of the molecule is O=C1c2ccccc2N[C@H](c2ccc(O)cc2O)N1C1CC1. The number of fused-ring (bicyclic) bond motifs is 1. The van der Waals surface area contributed by atoms with Crippen LogP contribution in [0.2, 0.25) is 0 Å². The lowest BCUT2D eigenvalue weighted by atomic mass is 10.0. The van der Waals surface area contributed by atoms with Crippen LogP contribution in [-0.4, -0.2) is 27.1 Å². The molecular formula is C17H16N2O3. The van der Waals surface area contributed by atoms with Gasteiger partial charge in [-0.3, -0.25) is 4.79 Å². The summed E-state index contributed by atoms with van der Waals surface area (Å²) < 4.78 is 0. The van der Waals surface area contributed by atoms with E-state index >= 15 is 0 Å². The summed E-state index contributed by atoms with van der Waals surface area (Å²) in [7, 11) is 0. The molecule has 5 nitrogen and oxygen atoms in total. The molecule has 1 amide bonds. The van der Waals surface area contributed by atoms with E-state index in [1.807, 2.05) is 24.3 Å². The number of anilines is 1. The number of rotatable bonds is 2. The fourth-order valence-corrected chi connectivity index (χ4v) is 2.99. The number of nitrogens with one attached hydrogen (secondary N) is 1. The van der Waals surface area contributed by atoms with Crippen LogP contribution >= 0.6 is 0 Å². The molecule has 1 heterocycles. The highest BCUT2D eigenvalue weighted by Gasteiger charge is 2.42. The van der Waals surface area contributed by atoms with Crippen molar-refractivity contribution in [1.29, 1.82) is 0 Å². The number of phenolic OH excluding ortho intramolecular Hbond substituents is 2. The van der Waals surface area contributed by atoms with E-state index in [0.29, 0.717) is 11.1 Å². The molecule has 0 bridgehead atoms. The van der Waals surface area contributed by atoms with Gasteiger partial charge in [-0.2, -0.15) is 0 Å². The molecule has 3 N–H and O–H groups in total. The van der Waals surface area contributed by atoms with Crippen LogP contribution in [-0.2, 0) is 0 Å². The minimum Gasteiger partial charge on any atom is -0.508 e. The van der Waals surface area contributed by atoms with Crippen LogP contribution in [0.25, 0.3) is 0 Å². The molecule has 2 aromatic rings. The van der Waals surface area contributed by atoms with Gasteiger partial charge in [0.05, 0.1) is 5.56 Å². The average molecular weight is 296 g/mol. The van der Waals surface area contributed by atoms with Gasteiger partial charge in [0, 0.05) is 23.4 Å². The summed E-state index contributed by atoms with van der Waals surface area (Å²) in [6.45, 7) is 0. The normalized spacial score (nSPS) is 20.5. The molecule has 5 heteroatoms. The molecule has 112 valence electrons. The van der Waals surface area contributed by atoms with Gasteiger partial charge in [0.2, 0.25) is 0 Å². The summed E-state index contributed by atoms with van der Waals surface area (Å²) in [5.41, 5.74) is 2.01. The third kappa shape index (κ3) is 1.97. The number of amides is 1. The zero-order valence-corrected chi connectivity index (χ0v) is 11.9. The predicted molar refractivity (Wildman–Crippen MR) is 81.8 cm³/mol. The summed E-state index contributed by atoms with van der Waals surface area (Å²) in [6, 6.07) is 12.1. The van der Waals surface area contributed by atoms with Gasteiger partial charge in [-0.25, -0.2) is 0 Å². The van der Waals surface area contributed by atoms with Gasteiger partial charge >= 0.3 is 0 Å². The van der Waals surface area contributed by atoms with E-state index in [4.69, 9.17) is 0 Å². The molecule has 0 aromatic heterocycles. The summed E-state index contributed by atoms with van der Waals surface area (Å²) in [5.74, 6) is -0.0357. The van der Waals surface area contributed by atoms with Crippen LogP contribution in [0.5, 0.6) is 11.5 Å². The van der Waals surface area contributed by atoms with Crippen LogP contribution < -0.4 is 5.32 Å². The zero-order valence-electron chi connectivity index (χ0n) is 11.9. The largest absolute Gasteiger partial charge is 0.508 e. The molecule has 1 aliphatic heterocycles. The van der Waals surface area contributed by atoms with Gasteiger partial charge in [-0.1, -0.05) is 12.1 Å². The number of phenols is 2. The molecule has 1 fully saturated rings. The molecule has 4 rings (SSSR count). The van der Waals surface area contributed by atoms with Crippen molar-refractivity contribution in [3.05, 3.63) is 53.6 Å². The molecule has 0 saturated heterocycles. The Kier molecular flexibility index (Phi) is 2.76. The van der Waals surface area contributed by atoms with Crippen molar-refractivity contribution in [2.45, 2.75) is 25.0 Å².